The molecule has 0 saturated carbocycles. The maximum absolute atomic E-state index is 13.6. The molecule has 0 fully saturated rings. The first kappa shape index (κ1) is 14.5. The van der Waals surface area contributed by atoms with Crippen LogP contribution in [0.1, 0.15) is 33.8 Å². The van der Waals surface area contributed by atoms with Crippen LogP contribution in [0.2, 0.25) is 5.02 Å². The summed E-state index contributed by atoms with van der Waals surface area (Å²) in [5.74, 6) is -0.369. The Balaban J connectivity index is 2.51. The highest BCUT2D eigenvalue weighted by atomic mass is 35.5. The quantitative estimate of drug-likeness (QED) is 0.850. The molecule has 0 radical (unpaired) electrons. The van der Waals surface area contributed by atoms with Crippen LogP contribution in [0.15, 0.2) is 24.3 Å². The summed E-state index contributed by atoms with van der Waals surface area (Å²) in [6.07, 6.45) is 0. The van der Waals surface area contributed by atoms with Crippen molar-refractivity contribution in [3.8, 4) is 0 Å². The molecule has 1 aromatic heterocycles. The molecule has 1 aromatic carbocycles. The minimum absolute atomic E-state index is 0.0573. The normalized spacial score (nSPS) is 12.7. The summed E-state index contributed by atoms with van der Waals surface area (Å²) < 4.78 is 13.6. The number of nitrogens with one attached hydrogen (secondary N) is 1. The van der Waals surface area contributed by atoms with Crippen LogP contribution >= 0.6 is 22.9 Å². The van der Waals surface area contributed by atoms with Crippen molar-refractivity contribution in [3.63, 3.8) is 0 Å². The van der Waals surface area contributed by atoms with Crippen molar-refractivity contribution >= 4 is 22.9 Å². The summed E-state index contributed by atoms with van der Waals surface area (Å²) in [5.41, 5.74) is 1.97. The Kier molecular flexibility index (Phi) is 4.61. The Bertz CT molecular complexity index is 580. The van der Waals surface area contributed by atoms with Gasteiger partial charge in [-0.25, -0.2) is 4.39 Å². The van der Waals surface area contributed by atoms with Crippen molar-refractivity contribution in [2.75, 3.05) is 6.54 Å². The fourth-order valence-corrected chi connectivity index (χ4v) is 3.47. The molecule has 0 aliphatic heterocycles. The van der Waals surface area contributed by atoms with E-state index < -0.39 is 0 Å². The Labute approximate surface area is 122 Å². The SMILES string of the molecule is CCNC(c1cc(C)sc1C)c1cccc(F)c1Cl. The number of hydrogen-bond acceptors (Lipinski definition) is 2. The van der Waals surface area contributed by atoms with Crippen molar-refractivity contribution < 1.29 is 4.39 Å². The van der Waals surface area contributed by atoms with Crippen molar-refractivity contribution in [1.82, 2.24) is 5.32 Å². The van der Waals surface area contributed by atoms with Crippen LogP contribution in [0, 0.1) is 19.7 Å². The predicted molar refractivity (Wildman–Crippen MR) is 80.7 cm³/mol. The van der Waals surface area contributed by atoms with E-state index in [0.717, 1.165) is 12.1 Å². The summed E-state index contributed by atoms with van der Waals surface area (Å²) >= 11 is 7.87. The van der Waals surface area contributed by atoms with Crippen LogP contribution in [0.25, 0.3) is 0 Å². The molecule has 0 aliphatic rings. The van der Waals surface area contributed by atoms with Gasteiger partial charge in [0.25, 0.3) is 0 Å². The van der Waals surface area contributed by atoms with Gasteiger partial charge in [-0.05, 0) is 43.7 Å². The van der Waals surface area contributed by atoms with E-state index in [4.69, 9.17) is 11.6 Å². The highest BCUT2D eigenvalue weighted by molar-refractivity contribution is 7.12. The van der Waals surface area contributed by atoms with Crippen LogP contribution in [0.3, 0.4) is 0 Å². The van der Waals surface area contributed by atoms with E-state index in [-0.39, 0.29) is 16.9 Å². The summed E-state index contributed by atoms with van der Waals surface area (Å²) in [4.78, 5) is 2.49. The average Bonchev–Trinajstić information content (AvgIpc) is 2.69. The van der Waals surface area contributed by atoms with Gasteiger partial charge in [0.1, 0.15) is 5.82 Å². The number of hydrogen-bond donors (Lipinski definition) is 1. The fourth-order valence-electron chi connectivity index (χ4n) is 2.27. The van der Waals surface area contributed by atoms with Crippen LogP contribution in [0.5, 0.6) is 0 Å². The second-order valence-electron chi connectivity index (χ2n) is 4.50. The molecule has 2 aromatic rings. The van der Waals surface area contributed by atoms with Crippen LogP contribution in [-0.2, 0) is 0 Å². The lowest BCUT2D eigenvalue weighted by Crippen LogP contribution is -2.22. The van der Waals surface area contributed by atoms with Gasteiger partial charge in [0.2, 0.25) is 0 Å². The first-order valence-electron chi connectivity index (χ1n) is 6.28. The zero-order valence-electron chi connectivity index (χ0n) is 11.3. The van der Waals surface area contributed by atoms with Gasteiger partial charge in [0.05, 0.1) is 11.1 Å². The lowest BCUT2D eigenvalue weighted by atomic mass is 9.98. The third-order valence-corrected chi connectivity index (χ3v) is 4.47. The zero-order chi connectivity index (χ0) is 14.0. The van der Waals surface area contributed by atoms with Gasteiger partial charge in [-0.1, -0.05) is 30.7 Å². The van der Waals surface area contributed by atoms with Gasteiger partial charge >= 0.3 is 0 Å². The van der Waals surface area contributed by atoms with E-state index in [1.54, 1.807) is 17.4 Å². The number of rotatable bonds is 4. The molecule has 0 aliphatic carbocycles. The number of aryl methyl sites for hydroxylation is 2. The molecule has 0 spiro atoms. The smallest absolute Gasteiger partial charge is 0.142 e. The van der Waals surface area contributed by atoms with Crippen molar-refractivity contribution in [2.24, 2.45) is 0 Å². The summed E-state index contributed by atoms with van der Waals surface area (Å²) in [7, 11) is 0. The first-order chi connectivity index (χ1) is 9.04. The minimum atomic E-state index is -0.369. The molecular weight excluding hydrogens is 281 g/mol. The highest BCUT2D eigenvalue weighted by Gasteiger charge is 2.20. The summed E-state index contributed by atoms with van der Waals surface area (Å²) in [6.45, 7) is 7.00. The Morgan fingerprint density at radius 3 is 2.63 bits per heavy atom. The molecule has 19 heavy (non-hydrogen) atoms. The van der Waals surface area contributed by atoms with Gasteiger partial charge in [-0.15, -0.1) is 11.3 Å². The zero-order valence-corrected chi connectivity index (χ0v) is 12.8. The van der Waals surface area contributed by atoms with E-state index in [9.17, 15) is 4.39 Å². The van der Waals surface area contributed by atoms with Crippen LogP contribution < -0.4 is 5.32 Å². The molecular formula is C15H17ClFNS. The van der Waals surface area contributed by atoms with E-state index in [2.05, 4.69) is 25.2 Å². The molecule has 1 N–H and O–H groups in total. The van der Waals surface area contributed by atoms with Crippen LogP contribution in [-0.4, -0.2) is 6.54 Å². The third kappa shape index (κ3) is 2.99. The third-order valence-electron chi connectivity index (χ3n) is 3.09. The van der Waals surface area contributed by atoms with Crippen LogP contribution in [0.4, 0.5) is 4.39 Å². The minimum Gasteiger partial charge on any atom is -0.306 e. The second-order valence-corrected chi connectivity index (χ2v) is 6.34. The maximum atomic E-state index is 13.6. The van der Waals surface area contributed by atoms with Crippen molar-refractivity contribution in [1.29, 1.82) is 0 Å². The molecule has 2 rings (SSSR count). The van der Waals surface area contributed by atoms with Gasteiger partial charge in [-0.2, -0.15) is 0 Å². The van der Waals surface area contributed by atoms with Crippen molar-refractivity contribution in [3.05, 3.63) is 56.0 Å². The van der Waals surface area contributed by atoms with E-state index in [0.29, 0.717) is 0 Å². The molecule has 0 saturated heterocycles. The Morgan fingerprint density at radius 1 is 1.32 bits per heavy atom. The molecule has 0 amide bonds. The standard InChI is InChI=1S/C15H17ClFNS/c1-4-18-15(12-8-9(2)19-10(12)3)11-6-5-7-13(17)14(11)16/h5-8,15,18H,4H2,1-3H3. The highest BCUT2D eigenvalue weighted by Crippen LogP contribution is 2.34. The summed E-state index contributed by atoms with van der Waals surface area (Å²) in [5, 5.41) is 3.60. The fraction of sp³-hybridized carbons (Fsp3) is 0.333. The van der Waals surface area contributed by atoms with Crippen molar-refractivity contribution in [2.45, 2.75) is 26.8 Å². The van der Waals surface area contributed by atoms with Gasteiger partial charge in [-0.3, -0.25) is 0 Å². The van der Waals surface area contributed by atoms with Gasteiger partial charge in [0, 0.05) is 9.75 Å². The maximum Gasteiger partial charge on any atom is 0.142 e. The largest absolute Gasteiger partial charge is 0.306 e. The topological polar surface area (TPSA) is 12.0 Å². The van der Waals surface area contributed by atoms with Gasteiger partial charge in [0.15, 0.2) is 0 Å². The number of benzene rings is 1. The lowest BCUT2D eigenvalue weighted by Gasteiger charge is -2.20. The molecule has 4 heteroatoms. The Morgan fingerprint density at radius 2 is 2.05 bits per heavy atom. The second kappa shape index (κ2) is 6.04. The monoisotopic (exact) mass is 297 g/mol. The first-order valence-corrected chi connectivity index (χ1v) is 7.48. The number of halogens is 2. The molecule has 1 unspecified atom stereocenters. The molecule has 1 nitrogen and oxygen atoms in total. The molecule has 1 heterocycles. The lowest BCUT2D eigenvalue weighted by molar-refractivity contribution is 0.603. The van der Waals surface area contributed by atoms with Gasteiger partial charge < -0.3 is 5.32 Å². The van der Waals surface area contributed by atoms with E-state index in [1.165, 1.54) is 21.4 Å². The summed E-state index contributed by atoms with van der Waals surface area (Å²) in [6, 6.07) is 7.06. The molecule has 102 valence electrons. The Hall–Kier alpha value is -0.900. The predicted octanol–water partition coefficient (Wildman–Crippen LogP) is 4.86. The van der Waals surface area contributed by atoms with E-state index >= 15 is 0 Å². The average molecular weight is 298 g/mol. The van der Waals surface area contributed by atoms with E-state index in [1.807, 2.05) is 13.0 Å². The number of thiophene rings is 1. The molecule has 0 bridgehead atoms. The molecule has 1 atom stereocenters.